The van der Waals surface area contributed by atoms with E-state index in [4.69, 9.17) is 14.2 Å². The van der Waals surface area contributed by atoms with Crippen molar-refractivity contribution < 1.29 is 49.6 Å². The first kappa shape index (κ1) is 33.2. The normalized spacial score (nSPS) is 24.4. The van der Waals surface area contributed by atoms with Gasteiger partial charge in [0.2, 0.25) is 0 Å². The Morgan fingerprint density at radius 2 is 1.56 bits per heavy atom. The molecule has 0 aromatic carbocycles. The molecule has 0 aromatic heterocycles. The van der Waals surface area contributed by atoms with E-state index in [0.29, 0.717) is 12.8 Å². The molecule has 10 heteroatoms. The summed E-state index contributed by atoms with van der Waals surface area (Å²) in [6, 6.07) is 0. The zero-order valence-electron chi connectivity index (χ0n) is 22.7. The molecule has 0 radical (unpaired) electrons. The van der Waals surface area contributed by atoms with Crippen LogP contribution in [0.5, 0.6) is 0 Å². The van der Waals surface area contributed by atoms with E-state index in [9.17, 15) is 35.4 Å². The first-order chi connectivity index (χ1) is 17.1. The standard InChI is InChI=1S/C26H50O10/c1-6-11-24(7-2,8-3)25(9-4,10-5)23(33)36-21-20(32)16-34-22(21)26(17-29,12-18(30)13-27)35-15-19(31)14-28/h18-22,27-32H,6-17H2,1-5H3/t18?,19?,20-,21+,22-,26+/m0/s1. The average molecular weight is 523 g/mol. The quantitative estimate of drug-likeness (QED) is 0.142. The second-order valence-electron chi connectivity index (χ2n) is 10.1. The summed E-state index contributed by atoms with van der Waals surface area (Å²) in [6.07, 6.45) is -2.11. The van der Waals surface area contributed by atoms with Gasteiger partial charge in [-0.15, -0.1) is 0 Å². The Balaban J connectivity index is 3.44. The van der Waals surface area contributed by atoms with Crippen molar-refractivity contribution >= 4 is 5.97 Å². The van der Waals surface area contributed by atoms with E-state index in [-0.39, 0.29) is 18.4 Å². The van der Waals surface area contributed by atoms with Gasteiger partial charge in [0.15, 0.2) is 6.10 Å². The van der Waals surface area contributed by atoms with Crippen LogP contribution >= 0.6 is 0 Å². The lowest BCUT2D eigenvalue weighted by Crippen LogP contribution is -2.58. The molecule has 0 spiro atoms. The van der Waals surface area contributed by atoms with Crippen molar-refractivity contribution in [2.45, 2.75) is 116 Å². The molecule has 1 rings (SSSR count). The number of carbonyl (C=O) groups excluding carboxylic acids is 1. The molecule has 1 aliphatic heterocycles. The van der Waals surface area contributed by atoms with Gasteiger partial charge in [0.05, 0.1) is 44.6 Å². The summed E-state index contributed by atoms with van der Waals surface area (Å²) in [6.45, 7) is 7.63. The first-order valence-corrected chi connectivity index (χ1v) is 13.4. The minimum Gasteiger partial charge on any atom is -0.456 e. The molecular formula is C26H50O10. The Morgan fingerprint density at radius 1 is 0.972 bits per heavy atom. The minimum absolute atomic E-state index is 0.196. The topological polar surface area (TPSA) is 166 Å². The SMILES string of the molecule is CCCC(CC)(CC)C(CC)(CC)C(=O)O[C@@H]1[C@@H](O)CO[C@@H]1[C@](CO)(CC(O)CO)OCC(O)CO. The molecule has 36 heavy (non-hydrogen) atoms. The zero-order valence-corrected chi connectivity index (χ0v) is 22.7. The lowest BCUT2D eigenvalue weighted by Gasteiger charge is -2.49. The Labute approximate surface area is 215 Å². The predicted octanol–water partition coefficient (Wildman–Crippen LogP) is 0.915. The van der Waals surface area contributed by atoms with Crippen LogP contribution in [0.1, 0.15) is 79.6 Å². The van der Waals surface area contributed by atoms with Crippen molar-refractivity contribution in [1.82, 2.24) is 0 Å². The van der Waals surface area contributed by atoms with E-state index in [1.807, 2.05) is 13.8 Å². The lowest BCUT2D eigenvalue weighted by atomic mass is 9.56. The van der Waals surface area contributed by atoms with Crippen molar-refractivity contribution in [2.75, 3.05) is 33.0 Å². The predicted molar refractivity (Wildman–Crippen MR) is 133 cm³/mol. The highest BCUT2D eigenvalue weighted by Gasteiger charge is 2.57. The van der Waals surface area contributed by atoms with Gasteiger partial charge in [0.1, 0.15) is 23.9 Å². The molecule has 1 fully saturated rings. The number of carbonyl (C=O) groups is 1. The molecule has 6 atom stereocenters. The molecule has 0 saturated carbocycles. The van der Waals surface area contributed by atoms with Crippen LogP contribution in [0.4, 0.5) is 0 Å². The van der Waals surface area contributed by atoms with Crippen molar-refractivity contribution in [3.8, 4) is 0 Å². The van der Waals surface area contributed by atoms with E-state index in [1.165, 1.54) is 0 Å². The molecule has 1 saturated heterocycles. The largest absolute Gasteiger partial charge is 0.456 e. The molecule has 10 nitrogen and oxygen atoms in total. The highest BCUT2D eigenvalue weighted by molar-refractivity contribution is 5.78. The monoisotopic (exact) mass is 522 g/mol. The van der Waals surface area contributed by atoms with Crippen molar-refractivity contribution in [1.29, 1.82) is 0 Å². The Hall–Kier alpha value is -0.850. The number of rotatable bonds is 18. The summed E-state index contributed by atoms with van der Waals surface area (Å²) in [5.74, 6) is -0.450. The number of ether oxygens (including phenoxy) is 3. The van der Waals surface area contributed by atoms with Crippen LogP contribution in [-0.4, -0.2) is 106 Å². The van der Waals surface area contributed by atoms with Gasteiger partial charge in [0.25, 0.3) is 0 Å². The van der Waals surface area contributed by atoms with E-state index >= 15 is 0 Å². The van der Waals surface area contributed by atoms with E-state index < -0.39 is 73.9 Å². The van der Waals surface area contributed by atoms with Gasteiger partial charge < -0.3 is 44.8 Å². The highest BCUT2D eigenvalue weighted by atomic mass is 16.6. The second-order valence-corrected chi connectivity index (χ2v) is 10.1. The molecule has 6 N–H and O–H groups in total. The Morgan fingerprint density at radius 3 is 2.00 bits per heavy atom. The van der Waals surface area contributed by atoms with Crippen molar-refractivity contribution in [2.24, 2.45) is 10.8 Å². The van der Waals surface area contributed by atoms with Crippen LogP contribution in [0, 0.1) is 10.8 Å². The Bertz CT molecular complexity index is 636. The van der Waals surface area contributed by atoms with Gasteiger partial charge in [-0.25, -0.2) is 0 Å². The maximum atomic E-state index is 14.0. The Kier molecular flexibility index (Phi) is 13.8. The molecule has 1 aliphatic rings. The van der Waals surface area contributed by atoms with Gasteiger partial charge in [-0.05, 0) is 37.5 Å². The van der Waals surface area contributed by atoms with Crippen LogP contribution in [0.3, 0.4) is 0 Å². The minimum atomic E-state index is -1.72. The number of aliphatic hydroxyl groups is 6. The first-order valence-electron chi connectivity index (χ1n) is 13.4. The molecule has 1 heterocycles. The van der Waals surface area contributed by atoms with Gasteiger partial charge in [-0.1, -0.05) is 41.0 Å². The van der Waals surface area contributed by atoms with Crippen molar-refractivity contribution in [3.63, 3.8) is 0 Å². The molecule has 0 aromatic rings. The van der Waals surface area contributed by atoms with Crippen LogP contribution in [0.25, 0.3) is 0 Å². The van der Waals surface area contributed by atoms with Crippen LogP contribution in [0.2, 0.25) is 0 Å². The summed E-state index contributed by atoms with van der Waals surface area (Å²) < 4.78 is 17.6. The number of hydrogen-bond acceptors (Lipinski definition) is 10. The number of hydrogen-bond donors (Lipinski definition) is 6. The average Bonchev–Trinajstić information content (AvgIpc) is 3.26. The van der Waals surface area contributed by atoms with Crippen LogP contribution in [0.15, 0.2) is 0 Å². The molecule has 214 valence electrons. The summed E-state index contributed by atoms with van der Waals surface area (Å²) in [5, 5.41) is 59.8. The van der Waals surface area contributed by atoms with Gasteiger partial charge in [-0.3, -0.25) is 4.79 Å². The fourth-order valence-electron chi connectivity index (χ4n) is 6.16. The summed E-state index contributed by atoms with van der Waals surface area (Å²) in [4.78, 5) is 14.0. The molecule has 0 aliphatic carbocycles. The van der Waals surface area contributed by atoms with Gasteiger partial charge >= 0.3 is 5.97 Å². The zero-order chi connectivity index (χ0) is 27.6. The maximum absolute atomic E-state index is 14.0. The highest BCUT2D eigenvalue weighted by Crippen LogP contribution is 2.54. The fourth-order valence-corrected chi connectivity index (χ4v) is 6.16. The number of aliphatic hydroxyl groups excluding tert-OH is 6. The van der Waals surface area contributed by atoms with Gasteiger partial charge in [-0.2, -0.15) is 0 Å². The lowest BCUT2D eigenvalue weighted by molar-refractivity contribution is -0.214. The second kappa shape index (κ2) is 14.9. The summed E-state index contributed by atoms with van der Waals surface area (Å²) >= 11 is 0. The third kappa shape index (κ3) is 6.77. The third-order valence-corrected chi connectivity index (χ3v) is 8.41. The molecule has 2 unspecified atom stereocenters. The van der Waals surface area contributed by atoms with Crippen LogP contribution in [-0.2, 0) is 19.0 Å². The number of esters is 1. The smallest absolute Gasteiger partial charge is 0.313 e. The van der Waals surface area contributed by atoms with Crippen molar-refractivity contribution in [3.05, 3.63) is 0 Å². The molecular weight excluding hydrogens is 472 g/mol. The summed E-state index contributed by atoms with van der Waals surface area (Å²) in [7, 11) is 0. The van der Waals surface area contributed by atoms with E-state index in [0.717, 1.165) is 25.7 Å². The van der Waals surface area contributed by atoms with E-state index in [2.05, 4.69) is 20.8 Å². The molecule has 0 bridgehead atoms. The molecule has 0 amide bonds. The fraction of sp³-hybridized carbons (Fsp3) is 0.962. The van der Waals surface area contributed by atoms with Crippen LogP contribution < -0.4 is 0 Å². The maximum Gasteiger partial charge on any atom is 0.313 e. The summed E-state index contributed by atoms with van der Waals surface area (Å²) in [5.41, 5.74) is -2.83. The van der Waals surface area contributed by atoms with E-state index in [1.54, 1.807) is 0 Å². The third-order valence-electron chi connectivity index (χ3n) is 8.41. The van der Waals surface area contributed by atoms with Gasteiger partial charge in [0, 0.05) is 6.42 Å².